The molecule has 0 saturated carbocycles. The van der Waals surface area contributed by atoms with Gasteiger partial charge in [0.25, 0.3) is 0 Å². The van der Waals surface area contributed by atoms with Crippen molar-refractivity contribution in [2.45, 2.75) is 12.1 Å². The number of carbonyl (C=O) groups is 1. The first-order valence-corrected chi connectivity index (χ1v) is 11.6. The minimum Gasteiger partial charge on any atom is -0.497 e. The number of fused-ring (bicyclic) bond motifs is 1. The quantitative estimate of drug-likeness (QED) is 0.332. The van der Waals surface area contributed by atoms with Crippen molar-refractivity contribution < 1.29 is 13.9 Å². The number of aryl methyl sites for hydroxylation is 2. The van der Waals surface area contributed by atoms with Crippen LogP contribution in [0.3, 0.4) is 0 Å². The number of carbonyl (C=O) groups excluding carboxylic acids is 1. The molecule has 3 aromatic heterocycles. The van der Waals surface area contributed by atoms with Crippen molar-refractivity contribution in [2.24, 2.45) is 7.05 Å². The molecule has 0 unspecified atom stereocenters. The van der Waals surface area contributed by atoms with Crippen LogP contribution in [0, 0.1) is 6.92 Å². The second kappa shape index (κ2) is 9.11. The highest BCUT2D eigenvalue weighted by Crippen LogP contribution is 2.32. The molecule has 1 N–H and O–H groups in total. The summed E-state index contributed by atoms with van der Waals surface area (Å²) in [5.41, 5.74) is 5.37. The summed E-state index contributed by atoms with van der Waals surface area (Å²) in [7, 11) is 3.58. The van der Waals surface area contributed by atoms with Gasteiger partial charge in [0.05, 0.1) is 36.0 Å². The van der Waals surface area contributed by atoms with Gasteiger partial charge in [0, 0.05) is 24.9 Å². The molecule has 0 aliphatic rings. The van der Waals surface area contributed by atoms with Gasteiger partial charge in [-0.15, -0.1) is 10.2 Å². The first-order chi connectivity index (χ1) is 16.5. The Morgan fingerprint density at radius 2 is 1.91 bits per heavy atom. The summed E-state index contributed by atoms with van der Waals surface area (Å²) in [4.78, 5) is 12.6. The van der Waals surface area contributed by atoms with E-state index in [9.17, 15) is 4.79 Å². The van der Waals surface area contributed by atoms with E-state index in [1.807, 2.05) is 59.5 Å². The molecule has 0 bridgehead atoms. The summed E-state index contributed by atoms with van der Waals surface area (Å²) in [5, 5.41) is 12.5. The lowest BCUT2D eigenvalue weighted by atomic mass is 10.2. The topological polar surface area (TPSA) is 87.1 Å². The van der Waals surface area contributed by atoms with Crippen LogP contribution in [-0.4, -0.2) is 38.1 Å². The third-order valence-corrected chi connectivity index (χ3v) is 6.52. The molecule has 0 atom stereocenters. The van der Waals surface area contributed by atoms with E-state index < -0.39 is 0 Å². The Balaban J connectivity index is 1.45. The molecular weight excluding hydrogens is 450 g/mol. The number of thioether (sulfide) groups is 1. The van der Waals surface area contributed by atoms with Crippen LogP contribution in [0.1, 0.15) is 5.56 Å². The largest absolute Gasteiger partial charge is 0.497 e. The predicted octanol–water partition coefficient (Wildman–Crippen LogP) is 5.07. The maximum atomic E-state index is 12.6. The minimum absolute atomic E-state index is 0.132. The molecule has 0 saturated heterocycles. The Morgan fingerprint density at radius 3 is 2.65 bits per heavy atom. The maximum absolute atomic E-state index is 12.6. The Morgan fingerprint density at radius 1 is 1.12 bits per heavy atom. The number of anilines is 1. The highest BCUT2D eigenvalue weighted by Gasteiger charge is 2.22. The van der Waals surface area contributed by atoms with E-state index in [0.29, 0.717) is 16.7 Å². The van der Waals surface area contributed by atoms with Gasteiger partial charge in [-0.1, -0.05) is 30.0 Å². The molecule has 0 spiro atoms. The number of hydrogen-bond donors (Lipinski definition) is 1. The van der Waals surface area contributed by atoms with Crippen LogP contribution < -0.4 is 10.1 Å². The first kappa shape index (κ1) is 21.8. The Bertz CT molecular complexity index is 1470. The van der Waals surface area contributed by atoms with Crippen molar-refractivity contribution in [3.63, 3.8) is 0 Å². The molecule has 5 rings (SSSR count). The number of para-hydroxylation sites is 1. The van der Waals surface area contributed by atoms with E-state index in [4.69, 9.17) is 9.15 Å². The fourth-order valence-corrected chi connectivity index (χ4v) is 4.57. The predicted molar refractivity (Wildman–Crippen MR) is 133 cm³/mol. The fourth-order valence-electron chi connectivity index (χ4n) is 3.83. The van der Waals surface area contributed by atoms with Crippen LogP contribution in [0.15, 0.2) is 76.5 Å². The van der Waals surface area contributed by atoms with Crippen LogP contribution >= 0.6 is 11.8 Å². The standard InChI is InChI=1S/C25H23N5O3S/c1-16-6-4-5-7-19(16)30-24(21-14-22-20(29(21)2)12-13-33-22)27-28-25(30)34-15-23(31)26-17-8-10-18(32-3)11-9-17/h4-14H,15H2,1-3H3,(H,26,31). The van der Waals surface area contributed by atoms with Gasteiger partial charge in [-0.25, -0.2) is 0 Å². The zero-order valence-corrected chi connectivity index (χ0v) is 19.8. The van der Waals surface area contributed by atoms with E-state index in [-0.39, 0.29) is 11.7 Å². The van der Waals surface area contributed by atoms with Gasteiger partial charge >= 0.3 is 0 Å². The van der Waals surface area contributed by atoms with Gasteiger partial charge in [-0.05, 0) is 42.8 Å². The first-order valence-electron chi connectivity index (χ1n) is 10.7. The van der Waals surface area contributed by atoms with Crippen molar-refractivity contribution in [3.8, 4) is 23.0 Å². The van der Waals surface area contributed by atoms with Crippen LogP contribution in [0.5, 0.6) is 5.75 Å². The number of nitrogens with zero attached hydrogens (tertiary/aromatic N) is 4. The van der Waals surface area contributed by atoms with Gasteiger partial charge < -0.3 is 19.0 Å². The van der Waals surface area contributed by atoms with E-state index in [1.165, 1.54) is 11.8 Å². The fraction of sp³-hybridized carbons (Fsp3) is 0.160. The van der Waals surface area contributed by atoms with Gasteiger partial charge in [0.2, 0.25) is 5.91 Å². The Kier molecular flexibility index (Phi) is 5.85. The normalized spacial score (nSPS) is 11.1. The molecule has 5 aromatic rings. The molecule has 8 nitrogen and oxygen atoms in total. The number of hydrogen-bond acceptors (Lipinski definition) is 6. The second-order valence-corrected chi connectivity index (χ2v) is 8.69. The minimum atomic E-state index is -0.132. The van der Waals surface area contributed by atoms with Gasteiger partial charge in [0.1, 0.15) is 5.75 Å². The van der Waals surface area contributed by atoms with Crippen molar-refractivity contribution >= 4 is 34.5 Å². The number of benzene rings is 2. The van der Waals surface area contributed by atoms with E-state index in [2.05, 4.69) is 15.5 Å². The lowest BCUT2D eigenvalue weighted by Crippen LogP contribution is -2.14. The van der Waals surface area contributed by atoms with Crippen molar-refractivity contribution in [3.05, 3.63) is 72.5 Å². The molecular formula is C25H23N5O3S. The molecule has 34 heavy (non-hydrogen) atoms. The number of nitrogens with one attached hydrogen (secondary N) is 1. The smallest absolute Gasteiger partial charge is 0.234 e. The Hall–Kier alpha value is -3.98. The molecule has 0 aliphatic heterocycles. The van der Waals surface area contributed by atoms with Crippen LogP contribution in [0.4, 0.5) is 5.69 Å². The Labute approximate surface area is 200 Å². The number of ether oxygens (including phenoxy) is 1. The molecule has 9 heteroatoms. The van der Waals surface area contributed by atoms with Gasteiger partial charge in [-0.3, -0.25) is 9.36 Å². The lowest BCUT2D eigenvalue weighted by Gasteiger charge is -2.13. The average Bonchev–Trinajstić information content (AvgIpc) is 3.55. The number of methoxy groups -OCH3 is 1. The molecule has 1 amide bonds. The number of amides is 1. The van der Waals surface area contributed by atoms with Crippen molar-refractivity contribution in [1.29, 1.82) is 0 Å². The summed E-state index contributed by atoms with van der Waals surface area (Å²) >= 11 is 1.34. The highest BCUT2D eigenvalue weighted by atomic mass is 32.2. The molecule has 2 aromatic carbocycles. The second-order valence-electron chi connectivity index (χ2n) is 7.75. The van der Waals surface area contributed by atoms with E-state index in [0.717, 1.165) is 33.8 Å². The molecule has 3 heterocycles. The molecule has 172 valence electrons. The van der Waals surface area contributed by atoms with E-state index >= 15 is 0 Å². The third kappa shape index (κ3) is 4.06. The van der Waals surface area contributed by atoms with Gasteiger partial charge in [-0.2, -0.15) is 0 Å². The number of furan rings is 1. The monoisotopic (exact) mass is 473 g/mol. The number of rotatable bonds is 7. The number of aromatic nitrogens is 4. The van der Waals surface area contributed by atoms with Crippen molar-refractivity contribution in [1.82, 2.24) is 19.3 Å². The van der Waals surface area contributed by atoms with Crippen molar-refractivity contribution in [2.75, 3.05) is 18.2 Å². The lowest BCUT2D eigenvalue weighted by molar-refractivity contribution is -0.113. The highest BCUT2D eigenvalue weighted by molar-refractivity contribution is 7.99. The molecule has 0 fully saturated rings. The zero-order chi connectivity index (χ0) is 23.7. The van der Waals surface area contributed by atoms with Gasteiger partial charge in [0.15, 0.2) is 16.6 Å². The summed E-state index contributed by atoms with van der Waals surface area (Å²) in [6, 6.07) is 19.1. The molecule has 0 radical (unpaired) electrons. The zero-order valence-electron chi connectivity index (χ0n) is 19.0. The summed E-state index contributed by atoms with van der Waals surface area (Å²) in [6.45, 7) is 2.04. The summed E-state index contributed by atoms with van der Waals surface area (Å²) < 4.78 is 14.8. The maximum Gasteiger partial charge on any atom is 0.234 e. The van der Waals surface area contributed by atoms with Crippen LogP contribution in [0.2, 0.25) is 0 Å². The SMILES string of the molecule is COc1ccc(NC(=O)CSc2nnc(-c3cc4occc4n3C)n2-c2ccccc2C)cc1. The summed E-state index contributed by atoms with van der Waals surface area (Å²) in [5.74, 6) is 1.47. The van der Waals surface area contributed by atoms with E-state index in [1.54, 1.807) is 37.6 Å². The summed E-state index contributed by atoms with van der Waals surface area (Å²) in [6.07, 6.45) is 1.67. The van der Waals surface area contributed by atoms with Crippen LogP contribution in [-0.2, 0) is 11.8 Å². The van der Waals surface area contributed by atoms with Crippen LogP contribution in [0.25, 0.3) is 28.3 Å². The average molecular weight is 474 g/mol. The third-order valence-electron chi connectivity index (χ3n) is 5.59. The molecule has 0 aliphatic carbocycles.